The summed E-state index contributed by atoms with van der Waals surface area (Å²) in [5.74, 6) is 0.790. The third-order valence-electron chi connectivity index (χ3n) is 5.57. The second-order valence-electron chi connectivity index (χ2n) is 7.58. The van der Waals surface area contributed by atoms with Crippen LogP contribution in [0.4, 0.5) is 5.69 Å². The summed E-state index contributed by atoms with van der Waals surface area (Å²) in [5, 5.41) is 22.2. The van der Waals surface area contributed by atoms with Gasteiger partial charge in [-0.05, 0) is 44.0 Å². The lowest BCUT2D eigenvalue weighted by molar-refractivity contribution is -0.384. The first-order valence-corrected chi connectivity index (χ1v) is 10.2. The van der Waals surface area contributed by atoms with E-state index in [1.807, 2.05) is 37.3 Å². The standard InChI is InChI=1S/C22H23N5O4/c1-15(21-24-25-22(31-21)17-7-9-19(10-8-17)27(29)30)26-13-11-18(12-14-26)23-20(28)16-5-3-2-4-6-16/h2-10,15,18H,11-14H2,1H3,(H,23,28). The number of nitrogens with zero attached hydrogens (tertiary/aromatic N) is 4. The number of hydrogen-bond donors (Lipinski definition) is 1. The maximum absolute atomic E-state index is 12.4. The number of nitro groups is 1. The zero-order chi connectivity index (χ0) is 21.8. The average Bonchev–Trinajstić information content (AvgIpc) is 3.30. The Kier molecular flexibility index (Phi) is 6.03. The minimum absolute atomic E-state index is 0.0130. The average molecular weight is 421 g/mol. The van der Waals surface area contributed by atoms with E-state index < -0.39 is 4.92 Å². The minimum Gasteiger partial charge on any atom is -0.419 e. The molecule has 9 heteroatoms. The largest absolute Gasteiger partial charge is 0.419 e. The van der Waals surface area contributed by atoms with E-state index >= 15 is 0 Å². The van der Waals surface area contributed by atoms with Crippen molar-refractivity contribution in [3.8, 4) is 11.5 Å². The third-order valence-corrected chi connectivity index (χ3v) is 5.57. The molecule has 160 valence electrons. The highest BCUT2D eigenvalue weighted by molar-refractivity contribution is 5.94. The first-order valence-electron chi connectivity index (χ1n) is 10.2. The van der Waals surface area contributed by atoms with E-state index in [0.29, 0.717) is 22.9 Å². The van der Waals surface area contributed by atoms with Gasteiger partial charge in [0.15, 0.2) is 0 Å². The fraction of sp³-hybridized carbons (Fsp3) is 0.318. The minimum atomic E-state index is -0.447. The maximum Gasteiger partial charge on any atom is 0.269 e. The molecule has 1 aliphatic heterocycles. The Morgan fingerprint density at radius 3 is 2.45 bits per heavy atom. The molecule has 3 aromatic rings. The number of nitrogens with one attached hydrogen (secondary N) is 1. The zero-order valence-corrected chi connectivity index (χ0v) is 17.1. The molecule has 9 nitrogen and oxygen atoms in total. The van der Waals surface area contributed by atoms with Gasteiger partial charge in [-0.1, -0.05) is 18.2 Å². The van der Waals surface area contributed by atoms with Crippen LogP contribution in [0.5, 0.6) is 0 Å². The van der Waals surface area contributed by atoms with Gasteiger partial charge < -0.3 is 9.73 Å². The Balaban J connectivity index is 1.33. The Labute approximate surface area is 179 Å². The molecular weight excluding hydrogens is 398 g/mol. The predicted octanol–water partition coefficient (Wildman–Crippen LogP) is 3.60. The summed E-state index contributed by atoms with van der Waals surface area (Å²) >= 11 is 0. The summed E-state index contributed by atoms with van der Waals surface area (Å²) in [4.78, 5) is 24.9. The molecule has 0 aliphatic carbocycles. The van der Waals surface area contributed by atoms with E-state index in [1.165, 1.54) is 12.1 Å². The summed E-state index contributed by atoms with van der Waals surface area (Å²) in [6.07, 6.45) is 1.68. The van der Waals surface area contributed by atoms with Crippen LogP contribution in [-0.2, 0) is 0 Å². The van der Waals surface area contributed by atoms with Gasteiger partial charge >= 0.3 is 0 Å². The van der Waals surface area contributed by atoms with Gasteiger partial charge in [0, 0.05) is 42.4 Å². The summed E-state index contributed by atoms with van der Waals surface area (Å²) in [7, 11) is 0. The van der Waals surface area contributed by atoms with Crippen molar-refractivity contribution in [1.82, 2.24) is 20.4 Å². The van der Waals surface area contributed by atoms with Crippen LogP contribution >= 0.6 is 0 Å². The highest BCUT2D eigenvalue weighted by Crippen LogP contribution is 2.27. The molecule has 31 heavy (non-hydrogen) atoms. The number of hydrogen-bond acceptors (Lipinski definition) is 7. The van der Waals surface area contributed by atoms with Crippen LogP contribution in [0.1, 0.15) is 42.1 Å². The van der Waals surface area contributed by atoms with Crippen LogP contribution in [-0.4, -0.2) is 45.1 Å². The molecule has 0 spiro atoms. The number of benzene rings is 2. The number of non-ortho nitro benzene ring substituents is 1. The molecule has 1 unspecified atom stereocenters. The van der Waals surface area contributed by atoms with Gasteiger partial charge in [0.05, 0.1) is 11.0 Å². The monoisotopic (exact) mass is 421 g/mol. The number of rotatable bonds is 6. The Bertz CT molecular complexity index is 1040. The number of carbonyl (C=O) groups excluding carboxylic acids is 1. The number of nitro benzene ring substituents is 1. The molecule has 1 aliphatic rings. The lowest BCUT2D eigenvalue weighted by atomic mass is 10.0. The second-order valence-corrected chi connectivity index (χ2v) is 7.58. The van der Waals surface area contributed by atoms with Gasteiger partial charge in [0.2, 0.25) is 11.8 Å². The van der Waals surface area contributed by atoms with Crippen LogP contribution in [0.3, 0.4) is 0 Å². The molecule has 2 heterocycles. The smallest absolute Gasteiger partial charge is 0.269 e. The van der Waals surface area contributed by atoms with Crippen molar-refractivity contribution in [3.63, 3.8) is 0 Å². The van der Waals surface area contributed by atoms with Crippen LogP contribution in [0.25, 0.3) is 11.5 Å². The molecule has 0 radical (unpaired) electrons. The molecule has 0 saturated carbocycles. The van der Waals surface area contributed by atoms with E-state index in [4.69, 9.17) is 4.42 Å². The molecule has 2 aromatic carbocycles. The molecular formula is C22H23N5O4. The SMILES string of the molecule is CC(c1nnc(-c2ccc([N+](=O)[O-])cc2)o1)N1CCC(NC(=O)c2ccccc2)CC1. The molecule has 1 fully saturated rings. The topological polar surface area (TPSA) is 114 Å². The lowest BCUT2D eigenvalue weighted by Gasteiger charge is -2.34. The quantitative estimate of drug-likeness (QED) is 0.478. The molecule has 1 amide bonds. The molecule has 1 saturated heterocycles. The van der Waals surface area contributed by atoms with Gasteiger partial charge in [0.1, 0.15) is 0 Å². The first kappa shape index (κ1) is 20.7. The number of carbonyl (C=O) groups is 1. The predicted molar refractivity (Wildman–Crippen MR) is 113 cm³/mol. The van der Waals surface area contributed by atoms with Crippen LogP contribution < -0.4 is 5.32 Å². The van der Waals surface area contributed by atoms with Gasteiger partial charge in [-0.25, -0.2) is 0 Å². The van der Waals surface area contributed by atoms with Crippen LogP contribution in [0.2, 0.25) is 0 Å². The van der Waals surface area contributed by atoms with Crippen molar-refractivity contribution in [2.24, 2.45) is 0 Å². The number of likely N-dealkylation sites (tertiary alicyclic amines) is 1. The van der Waals surface area contributed by atoms with Crippen molar-refractivity contribution in [3.05, 3.63) is 76.2 Å². The van der Waals surface area contributed by atoms with Crippen molar-refractivity contribution >= 4 is 11.6 Å². The first-order chi connectivity index (χ1) is 15.0. The van der Waals surface area contributed by atoms with E-state index in [1.54, 1.807) is 12.1 Å². The van der Waals surface area contributed by atoms with Crippen molar-refractivity contribution in [2.45, 2.75) is 31.8 Å². The van der Waals surface area contributed by atoms with Gasteiger partial charge in [-0.15, -0.1) is 10.2 Å². The van der Waals surface area contributed by atoms with Crippen molar-refractivity contribution < 1.29 is 14.1 Å². The van der Waals surface area contributed by atoms with Gasteiger partial charge in [-0.3, -0.25) is 19.8 Å². The Morgan fingerprint density at radius 2 is 1.81 bits per heavy atom. The van der Waals surface area contributed by atoms with Gasteiger partial charge in [0.25, 0.3) is 11.6 Å². The van der Waals surface area contributed by atoms with Crippen LogP contribution in [0.15, 0.2) is 59.0 Å². The van der Waals surface area contributed by atoms with E-state index in [0.717, 1.165) is 25.9 Å². The highest BCUT2D eigenvalue weighted by atomic mass is 16.6. The summed E-state index contributed by atoms with van der Waals surface area (Å²) < 4.78 is 5.83. The summed E-state index contributed by atoms with van der Waals surface area (Å²) in [6, 6.07) is 15.3. The van der Waals surface area contributed by atoms with Gasteiger partial charge in [-0.2, -0.15) is 0 Å². The highest BCUT2D eigenvalue weighted by Gasteiger charge is 2.27. The Morgan fingerprint density at radius 1 is 1.13 bits per heavy atom. The van der Waals surface area contributed by atoms with Crippen molar-refractivity contribution in [1.29, 1.82) is 0 Å². The number of piperidine rings is 1. The van der Waals surface area contributed by atoms with E-state index in [9.17, 15) is 14.9 Å². The third kappa shape index (κ3) is 4.77. The van der Waals surface area contributed by atoms with E-state index in [2.05, 4.69) is 20.4 Å². The molecule has 1 aromatic heterocycles. The molecule has 0 bridgehead atoms. The molecule has 4 rings (SSSR count). The number of aromatic nitrogens is 2. The number of amides is 1. The summed E-state index contributed by atoms with van der Waals surface area (Å²) in [5.41, 5.74) is 1.32. The maximum atomic E-state index is 12.4. The fourth-order valence-electron chi connectivity index (χ4n) is 3.69. The summed E-state index contributed by atoms with van der Waals surface area (Å²) in [6.45, 7) is 3.61. The fourth-order valence-corrected chi connectivity index (χ4v) is 3.69. The normalized spacial score (nSPS) is 16.0. The molecule has 1 atom stereocenters. The van der Waals surface area contributed by atoms with Crippen molar-refractivity contribution in [2.75, 3.05) is 13.1 Å². The Hall–Kier alpha value is -3.59. The lowest BCUT2D eigenvalue weighted by Crippen LogP contribution is -2.45. The van der Waals surface area contributed by atoms with E-state index in [-0.39, 0.29) is 23.7 Å². The van der Waals surface area contributed by atoms with Crippen LogP contribution in [0, 0.1) is 10.1 Å². The second kappa shape index (κ2) is 9.05. The molecule has 1 N–H and O–H groups in total. The zero-order valence-electron chi connectivity index (χ0n) is 17.1.